The molecular weight excluding hydrogens is 214 g/mol. The lowest BCUT2D eigenvalue weighted by Gasteiger charge is -2.33. The Morgan fingerprint density at radius 3 is 2.62 bits per heavy atom. The summed E-state index contributed by atoms with van der Waals surface area (Å²) in [4.78, 5) is 0. The zero-order valence-corrected chi connectivity index (χ0v) is 9.22. The second kappa shape index (κ2) is 4.67. The van der Waals surface area contributed by atoms with E-state index in [1.165, 1.54) is 0 Å². The van der Waals surface area contributed by atoms with Gasteiger partial charge in [0.1, 0.15) is 5.76 Å². The van der Waals surface area contributed by atoms with E-state index < -0.39 is 5.92 Å². The number of hydrogen-bond acceptors (Lipinski definition) is 3. The molecule has 0 bridgehead atoms. The molecule has 0 aromatic heterocycles. The lowest BCUT2D eigenvalue weighted by Crippen LogP contribution is -2.44. The Kier molecular flexibility index (Phi) is 3.44. The van der Waals surface area contributed by atoms with E-state index in [1.807, 2.05) is 6.08 Å². The maximum atomic E-state index is 13.0. The molecule has 0 spiro atoms. The minimum Gasteiger partial charge on any atom is -0.496 e. The first-order chi connectivity index (χ1) is 7.62. The third-order valence-electron chi connectivity index (χ3n) is 3.45. The zero-order chi connectivity index (χ0) is 11.6. The molecule has 1 saturated carbocycles. The van der Waals surface area contributed by atoms with Crippen molar-refractivity contribution in [3.63, 3.8) is 0 Å². The quantitative estimate of drug-likeness (QED) is 0.577. The fourth-order valence-corrected chi connectivity index (χ4v) is 2.50. The molecule has 16 heavy (non-hydrogen) atoms. The molecule has 1 aliphatic carbocycles. The number of rotatable bonds is 3. The lowest BCUT2D eigenvalue weighted by molar-refractivity contribution is -0.0499. The molecule has 1 fully saturated rings. The van der Waals surface area contributed by atoms with Gasteiger partial charge in [0.15, 0.2) is 0 Å². The fraction of sp³-hybridized carbons (Fsp3) is 0.818. The second-order valence-corrected chi connectivity index (χ2v) is 4.58. The number of alkyl halides is 2. The molecule has 0 aromatic carbocycles. The van der Waals surface area contributed by atoms with Gasteiger partial charge in [-0.3, -0.25) is 5.84 Å². The van der Waals surface area contributed by atoms with Crippen LogP contribution in [0.1, 0.15) is 32.1 Å². The topological polar surface area (TPSA) is 47.3 Å². The Hall–Kier alpha value is -0.680. The first-order valence-electron chi connectivity index (χ1n) is 5.79. The molecule has 5 heteroatoms. The number of nitrogens with one attached hydrogen (secondary N) is 1. The van der Waals surface area contributed by atoms with E-state index in [0.29, 0.717) is 19.4 Å². The highest BCUT2D eigenvalue weighted by Crippen LogP contribution is 2.39. The number of halogens is 2. The smallest absolute Gasteiger partial charge is 0.248 e. The van der Waals surface area contributed by atoms with E-state index in [-0.39, 0.29) is 24.8 Å². The number of nitrogens with two attached hydrogens (primary N) is 1. The summed E-state index contributed by atoms with van der Waals surface area (Å²) in [7, 11) is 0. The van der Waals surface area contributed by atoms with E-state index in [4.69, 9.17) is 10.6 Å². The van der Waals surface area contributed by atoms with Crippen molar-refractivity contribution in [2.75, 3.05) is 6.61 Å². The normalized spacial score (nSPS) is 27.3. The van der Waals surface area contributed by atoms with Crippen molar-refractivity contribution in [2.24, 2.45) is 11.8 Å². The maximum Gasteiger partial charge on any atom is 0.248 e. The third-order valence-corrected chi connectivity index (χ3v) is 3.45. The minimum absolute atomic E-state index is 0.0386. The van der Waals surface area contributed by atoms with Crippen LogP contribution in [0, 0.1) is 5.92 Å². The van der Waals surface area contributed by atoms with Crippen LogP contribution in [0.3, 0.4) is 0 Å². The van der Waals surface area contributed by atoms with Crippen molar-refractivity contribution in [1.82, 2.24) is 5.43 Å². The zero-order valence-electron chi connectivity index (χ0n) is 9.22. The summed E-state index contributed by atoms with van der Waals surface area (Å²) in [6.07, 6.45) is 3.81. The largest absolute Gasteiger partial charge is 0.496 e. The summed E-state index contributed by atoms with van der Waals surface area (Å²) in [5.74, 6) is 4.00. The van der Waals surface area contributed by atoms with Crippen LogP contribution >= 0.6 is 0 Å². The van der Waals surface area contributed by atoms with Gasteiger partial charge in [-0.1, -0.05) is 0 Å². The first-order valence-corrected chi connectivity index (χ1v) is 5.79. The maximum absolute atomic E-state index is 13.0. The number of hydrazine groups is 1. The summed E-state index contributed by atoms with van der Waals surface area (Å²) in [6.45, 7) is 0.677. The predicted octanol–water partition coefficient (Wildman–Crippen LogP) is 1.95. The molecule has 1 heterocycles. The fourth-order valence-electron chi connectivity index (χ4n) is 2.50. The molecule has 92 valence electrons. The Balaban J connectivity index is 1.95. The van der Waals surface area contributed by atoms with Crippen LogP contribution in [-0.4, -0.2) is 18.6 Å². The molecule has 3 N–H and O–H groups in total. The second-order valence-electron chi connectivity index (χ2n) is 4.58. The van der Waals surface area contributed by atoms with E-state index in [2.05, 4.69) is 5.43 Å². The minimum atomic E-state index is -2.49. The van der Waals surface area contributed by atoms with Crippen LogP contribution in [0.4, 0.5) is 8.78 Å². The summed E-state index contributed by atoms with van der Waals surface area (Å²) in [5, 5.41) is 0. The van der Waals surface area contributed by atoms with Crippen molar-refractivity contribution in [2.45, 2.75) is 44.1 Å². The van der Waals surface area contributed by atoms with E-state index in [0.717, 1.165) is 12.2 Å². The van der Waals surface area contributed by atoms with Crippen molar-refractivity contribution < 1.29 is 13.5 Å². The van der Waals surface area contributed by atoms with Gasteiger partial charge in [-0.05, 0) is 24.8 Å². The molecule has 0 saturated heterocycles. The highest BCUT2D eigenvalue weighted by atomic mass is 19.3. The molecular formula is C11H18F2N2O. The first kappa shape index (κ1) is 11.8. The Morgan fingerprint density at radius 1 is 1.44 bits per heavy atom. The Morgan fingerprint density at radius 2 is 2.12 bits per heavy atom. The third kappa shape index (κ3) is 2.52. The van der Waals surface area contributed by atoms with Gasteiger partial charge in [-0.25, -0.2) is 14.2 Å². The van der Waals surface area contributed by atoms with Crippen molar-refractivity contribution in [1.29, 1.82) is 0 Å². The Labute approximate surface area is 94.0 Å². The van der Waals surface area contributed by atoms with Crippen LogP contribution in [0.2, 0.25) is 0 Å². The van der Waals surface area contributed by atoms with Gasteiger partial charge in [0.2, 0.25) is 5.92 Å². The van der Waals surface area contributed by atoms with Gasteiger partial charge >= 0.3 is 0 Å². The monoisotopic (exact) mass is 232 g/mol. The van der Waals surface area contributed by atoms with Crippen molar-refractivity contribution >= 4 is 0 Å². The van der Waals surface area contributed by atoms with Crippen LogP contribution in [0.25, 0.3) is 0 Å². The standard InChI is InChI=1S/C11H18F2N2O/c12-11(13)5-3-8(4-6-11)10(15-14)9-2-1-7-16-9/h2,8,10,15H,1,3-7,14H2. The molecule has 2 rings (SSSR count). The summed E-state index contributed by atoms with van der Waals surface area (Å²) >= 11 is 0. The lowest BCUT2D eigenvalue weighted by atomic mass is 9.81. The molecule has 3 nitrogen and oxygen atoms in total. The van der Waals surface area contributed by atoms with Crippen LogP contribution in [0.15, 0.2) is 11.8 Å². The molecule has 0 radical (unpaired) electrons. The number of ether oxygens (including phenoxy) is 1. The van der Waals surface area contributed by atoms with Gasteiger partial charge in [-0.15, -0.1) is 0 Å². The van der Waals surface area contributed by atoms with Gasteiger partial charge in [-0.2, -0.15) is 0 Å². The van der Waals surface area contributed by atoms with Gasteiger partial charge in [0.25, 0.3) is 0 Å². The number of hydrogen-bond donors (Lipinski definition) is 2. The predicted molar refractivity (Wildman–Crippen MR) is 56.7 cm³/mol. The molecule has 1 aliphatic heterocycles. The van der Waals surface area contributed by atoms with Crippen molar-refractivity contribution in [3.8, 4) is 0 Å². The molecule has 1 unspecified atom stereocenters. The summed E-state index contributed by atoms with van der Waals surface area (Å²) in [5.41, 5.74) is 2.70. The SMILES string of the molecule is NNC(C1=CCCO1)C1CCC(F)(F)CC1. The molecule has 2 aliphatic rings. The van der Waals surface area contributed by atoms with E-state index >= 15 is 0 Å². The summed E-state index contributed by atoms with van der Waals surface area (Å²) < 4.78 is 31.5. The molecule has 0 amide bonds. The highest BCUT2D eigenvalue weighted by molar-refractivity contribution is 5.09. The highest BCUT2D eigenvalue weighted by Gasteiger charge is 2.39. The van der Waals surface area contributed by atoms with Crippen LogP contribution in [0.5, 0.6) is 0 Å². The van der Waals surface area contributed by atoms with Crippen LogP contribution in [-0.2, 0) is 4.74 Å². The van der Waals surface area contributed by atoms with E-state index in [9.17, 15) is 8.78 Å². The van der Waals surface area contributed by atoms with Crippen molar-refractivity contribution in [3.05, 3.63) is 11.8 Å². The average molecular weight is 232 g/mol. The van der Waals surface area contributed by atoms with E-state index in [1.54, 1.807) is 0 Å². The van der Waals surface area contributed by atoms with Gasteiger partial charge < -0.3 is 4.74 Å². The summed E-state index contributed by atoms with van der Waals surface area (Å²) in [6, 6.07) is -0.0985. The van der Waals surface area contributed by atoms with Crippen LogP contribution < -0.4 is 11.3 Å². The molecule has 1 atom stereocenters. The molecule has 0 aromatic rings. The van der Waals surface area contributed by atoms with Gasteiger partial charge in [0.05, 0.1) is 12.6 Å². The average Bonchev–Trinajstić information content (AvgIpc) is 2.75. The Bertz CT molecular complexity index is 271. The van der Waals surface area contributed by atoms with Gasteiger partial charge in [0, 0.05) is 19.3 Å².